The van der Waals surface area contributed by atoms with Crippen molar-refractivity contribution < 1.29 is 17.1 Å². The molecule has 0 aliphatic rings. The molecule has 0 aliphatic heterocycles. The molecule has 11 heavy (non-hydrogen) atoms. The quantitative estimate of drug-likeness (QED) is 0.420. The minimum Gasteiger partial charge on any atom is -0.411 e. The molecular formula is C7H14CuNS2. The third kappa shape index (κ3) is 7.01. The van der Waals surface area contributed by atoms with Crippen LogP contribution in [-0.2, 0) is 29.7 Å². The first-order chi connectivity index (χ1) is 4.72. The van der Waals surface area contributed by atoms with Crippen molar-refractivity contribution in [2.45, 2.75) is 26.7 Å². The van der Waals surface area contributed by atoms with Crippen LogP contribution in [0.25, 0.3) is 0 Å². The molecule has 0 saturated heterocycles. The van der Waals surface area contributed by atoms with Gasteiger partial charge in [0, 0.05) is 13.1 Å². The Bertz CT molecular complexity index is 109. The molecule has 0 N–H and O–H groups in total. The van der Waals surface area contributed by atoms with Gasteiger partial charge >= 0.3 is 17.1 Å². The molecule has 0 fully saturated rings. The van der Waals surface area contributed by atoms with E-state index >= 15 is 0 Å². The van der Waals surface area contributed by atoms with Gasteiger partial charge in [0.25, 0.3) is 0 Å². The van der Waals surface area contributed by atoms with E-state index in [-0.39, 0.29) is 17.1 Å². The molecule has 0 bridgehead atoms. The second-order valence-corrected chi connectivity index (χ2v) is 3.23. The van der Waals surface area contributed by atoms with Crippen LogP contribution < -0.4 is 0 Å². The standard InChI is InChI=1S/C7H15NS2.Cu/c1-3-5-6-8(4-2)7(9)10;/h3-6H2,1-2H3,(H,9,10);/q;+1/p-1. The zero-order chi connectivity index (χ0) is 7.98. The number of hydrogen-bond acceptors (Lipinski definition) is 2. The molecule has 0 aliphatic carbocycles. The van der Waals surface area contributed by atoms with Crippen molar-refractivity contribution in [3.05, 3.63) is 0 Å². The van der Waals surface area contributed by atoms with E-state index < -0.39 is 0 Å². The van der Waals surface area contributed by atoms with E-state index in [1.807, 2.05) is 4.90 Å². The normalized spacial score (nSPS) is 8.55. The van der Waals surface area contributed by atoms with Gasteiger partial charge in [-0.1, -0.05) is 17.7 Å². The van der Waals surface area contributed by atoms with Crippen LogP contribution in [0.3, 0.4) is 0 Å². The van der Waals surface area contributed by atoms with Crippen molar-refractivity contribution in [3.63, 3.8) is 0 Å². The van der Waals surface area contributed by atoms with E-state index in [4.69, 9.17) is 24.8 Å². The third-order valence-electron chi connectivity index (χ3n) is 1.42. The summed E-state index contributed by atoms with van der Waals surface area (Å²) in [5, 5.41) is 0. The van der Waals surface area contributed by atoms with Crippen LogP contribution in [0.5, 0.6) is 0 Å². The van der Waals surface area contributed by atoms with Crippen molar-refractivity contribution in [2.24, 2.45) is 0 Å². The van der Waals surface area contributed by atoms with Crippen LogP contribution in [-0.4, -0.2) is 22.3 Å². The molecule has 0 atom stereocenters. The van der Waals surface area contributed by atoms with E-state index in [0.29, 0.717) is 4.32 Å². The smallest absolute Gasteiger partial charge is 0.411 e. The van der Waals surface area contributed by atoms with Crippen LogP contribution in [0.2, 0.25) is 0 Å². The number of hydrogen-bond donors (Lipinski definition) is 0. The molecule has 4 heteroatoms. The zero-order valence-electron chi connectivity index (χ0n) is 6.89. The molecule has 0 aromatic rings. The van der Waals surface area contributed by atoms with Gasteiger partial charge in [-0.25, -0.2) is 0 Å². The van der Waals surface area contributed by atoms with Crippen molar-refractivity contribution in [1.82, 2.24) is 4.90 Å². The maximum absolute atomic E-state index is 4.87. The summed E-state index contributed by atoms with van der Waals surface area (Å²) in [6.45, 7) is 6.21. The molecule has 70 valence electrons. The monoisotopic (exact) mass is 239 g/mol. The minimum absolute atomic E-state index is 0. The van der Waals surface area contributed by atoms with Gasteiger partial charge in [0.1, 0.15) is 0 Å². The summed E-state index contributed by atoms with van der Waals surface area (Å²) in [7, 11) is 0. The molecule has 0 radical (unpaired) electrons. The second kappa shape index (κ2) is 8.72. The number of nitrogens with zero attached hydrogens (tertiary/aromatic N) is 1. The van der Waals surface area contributed by atoms with Crippen molar-refractivity contribution in [1.29, 1.82) is 0 Å². The number of thiocarbonyl (C=S) groups is 1. The van der Waals surface area contributed by atoms with Gasteiger partial charge in [0.15, 0.2) is 0 Å². The summed E-state index contributed by atoms with van der Waals surface area (Å²) in [4.78, 5) is 2.05. The van der Waals surface area contributed by atoms with Crippen molar-refractivity contribution in [3.8, 4) is 0 Å². The van der Waals surface area contributed by atoms with Gasteiger partial charge < -0.3 is 29.7 Å². The molecule has 0 aromatic carbocycles. The predicted molar refractivity (Wildman–Crippen MR) is 52.1 cm³/mol. The topological polar surface area (TPSA) is 3.24 Å². The Morgan fingerprint density at radius 2 is 2.00 bits per heavy atom. The Hall–Kier alpha value is 0.629. The van der Waals surface area contributed by atoms with Crippen LogP contribution in [0, 0.1) is 0 Å². The van der Waals surface area contributed by atoms with Crippen LogP contribution in [0.1, 0.15) is 26.7 Å². The molecule has 0 aromatic heterocycles. The average molecular weight is 240 g/mol. The summed E-state index contributed by atoms with van der Waals surface area (Å²) in [5.41, 5.74) is 0. The van der Waals surface area contributed by atoms with Gasteiger partial charge in [-0.05, 0) is 13.3 Å². The Morgan fingerprint density at radius 1 is 1.45 bits per heavy atom. The Morgan fingerprint density at radius 3 is 2.27 bits per heavy atom. The van der Waals surface area contributed by atoms with Crippen LogP contribution in [0.4, 0.5) is 0 Å². The molecule has 0 heterocycles. The maximum Gasteiger partial charge on any atom is 1.00 e. The van der Waals surface area contributed by atoms with Gasteiger partial charge in [0.05, 0.1) is 0 Å². The summed E-state index contributed by atoms with van der Waals surface area (Å²) in [5.74, 6) is 0. The summed E-state index contributed by atoms with van der Waals surface area (Å²) in [6, 6.07) is 0. The molecule has 0 saturated carbocycles. The van der Waals surface area contributed by atoms with E-state index in [1.165, 1.54) is 12.8 Å². The fourth-order valence-corrected chi connectivity index (χ4v) is 1.17. The number of rotatable bonds is 4. The zero-order valence-corrected chi connectivity index (χ0v) is 9.47. The van der Waals surface area contributed by atoms with E-state index in [0.717, 1.165) is 13.1 Å². The molecule has 0 rings (SSSR count). The largest absolute Gasteiger partial charge is 1.00 e. The predicted octanol–water partition coefficient (Wildman–Crippen LogP) is 1.94. The Balaban J connectivity index is 0. The SMILES string of the molecule is CCCCN(CC)C(=S)[S-].[Cu+]. The molecule has 0 unspecified atom stereocenters. The van der Waals surface area contributed by atoms with Crippen LogP contribution in [0.15, 0.2) is 0 Å². The summed E-state index contributed by atoms with van der Waals surface area (Å²) >= 11 is 9.74. The fourth-order valence-electron chi connectivity index (χ4n) is 0.727. The third-order valence-corrected chi connectivity index (χ3v) is 1.94. The van der Waals surface area contributed by atoms with Gasteiger partial charge in [-0.2, -0.15) is 0 Å². The molecule has 0 spiro atoms. The van der Waals surface area contributed by atoms with Gasteiger partial charge in [-0.3, -0.25) is 0 Å². The van der Waals surface area contributed by atoms with E-state index in [2.05, 4.69) is 13.8 Å². The Kier molecular flexibility index (Phi) is 11.2. The van der Waals surface area contributed by atoms with Crippen molar-refractivity contribution >= 4 is 29.2 Å². The average Bonchev–Trinajstić information content (AvgIpc) is 1.89. The molecule has 1 nitrogen and oxygen atoms in total. The molecular weight excluding hydrogens is 226 g/mol. The first-order valence-electron chi connectivity index (χ1n) is 3.68. The first-order valence-corrected chi connectivity index (χ1v) is 4.50. The maximum atomic E-state index is 4.87. The fraction of sp³-hybridized carbons (Fsp3) is 0.857. The number of unbranched alkanes of at least 4 members (excludes halogenated alkanes) is 1. The van der Waals surface area contributed by atoms with Gasteiger partial charge in [-0.15, -0.1) is 0 Å². The minimum atomic E-state index is 0. The van der Waals surface area contributed by atoms with Gasteiger partial charge in [0.2, 0.25) is 0 Å². The van der Waals surface area contributed by atoms with Crippen LogP contribution >= 0.6 is 12.2 Å². The summed E-state index contributed by atoms with van der Waals surface area (Å²) < 4.78 is 0.607. The molecule has 0 amide bonds. The van der Waals surface area contributed by atoms with E-state index in [1.54, 1.807) is 0 Å². The summed E-state index contributed by atoms with van der Waals surface area (Å²) in [6.07, 6.45) is 2.39. The first kappa shape index (κ1) is 14.2. The second-order valence-electron chi connectivity index (χ2n) is 2.20. The van der Waals surface area contributed by atoms with E-state index in [9.17, 15) is 0 Å². The van der Waals surface area contributed by atoms with Crippen molar-refractivity contribution in [2.75, 3.05) is 13.1 Å². The Labute approximate surface area is 90.8 Å².